The van der Waals surface area contributed by atoms with Gasteiger partial charge in [-0.3, -0.25) is 72.0 Å². The minimum absolute atomic E-state index is 0.00193. The van der Waals surface area contributed by atoms with Crippen molar-refractivity contribution in [3.05, 3.63) is 203 Å². The van der Waals surface area contributed by atoms with Crippen LogP contribution < -0.4 is 53.6 Å². The number of urea groups is 1. The summed E-state index contributed by atoms with van der Waals surface area (Å²) in [5.74, 6) is -14.2. The quantitative estimate of drug-likeness (QED) is 0.0434. The molecule has 35 nitrogen and oxygen atoms in total. The predicted molar refractivity (Wildman–Crippen MR) is 482 cm³/mol. The van der Waals surface area contributed by atoms with Crippen molar-refractivity contribution in [2.24, 2.45) is 11.7 Å². The van der Waals surface area contributed by atoms with Gasteiger partial charge in [0.25, 0.3) is 0 Å². The summed E-state index contributed by atoms with van der Waals surface area (Å²) in [5, 5.41) is 56.3. The zero-order valence-electron chi connectivity index (χ0n) is 73.1. The van der Waals surface area contributed by atoms with Gasteiger partial charge in [-0.2, -0.15) is 0 Å². The van der Waals surface area contributed by atoms with E-state index in [9.17, 15) is 53.7 Å². The summed E-state index contributed by atoms with van der Waals surface area (Å²) in [4.78, 5) is 230. The number of nitrogens with one attached hydrogen (secondary N) is 10. The maximum absolute atomic E-state index is 15.7. The molecule has 0 aliphatic carbocycles. The number of nitrogens with zero attached hydrogens (tertiary/aromatic N) is 5. The number of aromatic hydroxyl groups is 2. The van der Waals surface area contributed by atoms with Crippen LogP contribution in [-0.2, 0) is 110 Å². The molecule has 129 heavy (non-hydrogen) atoms. The number of hydrogen-bond acceptors (Lipinski definition) is 20. The normalized spacial score (nSPS) is 24.2. The number of hydrogen-bond donors (Lipinski definition) is 14. The van der Waals surface area contributed by atoms with Crippen LogP contribution in [0, 0.1) is 5.92 Å². The maximum Gasteiger partial charge on any atom is 0.319 e. The Balaban J connectivity index is 1.02. The van der Waals surface area contributed by atoms with Crippen molar-refractivity contribution < 1.29 is 92.0 Å². The Morgan fingerprint density at radius 2 is 1.03 bits per heavy atom. The van der Waals surface area contributed by atoms with Crippen molar-refractivity contribution in [3.63, 3.8) is 0 Å². The summed E-state index contributed by atoms with van der Waals surface area (Å²) in [7, 11) is 5.51. The lowest BCUT2D eigenvalue weighted by atomic mass is 9.99. The molecule has 4 unspecified atom stereocenters. The average Bonchev–Trinajstić information content (AvgIpc) is 1.65. The van der Waals surface area contributed by atoms with Crippen molar-refractivity contribution >= 4 is 123 Å². The first-order valence-corrected chi connectivity index (χ1v) is 45.0. The molecule has 15 amide bonds. The van der Waals surface area contributed by atoms with Gasteiger partial charge in [-0.15, -0.1) is 23.5 Å². The number of aromatic amines is 1. The summed E-state index contributed by atoms with van der Waals surface area (Å²) < 4.78 is 6.31. The molecule has 0 saturated carbocycles. The molecule has 14 atom stereocenters. The van der Waals surface area contributed by atoms with E-state index in [2.05, 4.69) is 52.8 Å². The Hall–Kier alpha value is -13.0. The Morgan fingerprint density at radius 3 is 1.63 bits per heavy atom. The molecule has 3 fully saturated rings. The monoisotopic (exact) mass is 1810 g/mol. The Bertz CT molecular complexity index is 5120. The number of phenolic OH excluding ortho intramolecular Hbond substituents is 2. The number of H-pyrrole nitrogens is 1. The number of ether oxygens (including phenoxy) is 1. The molecule has 0 spiro atoms. The molecule has 0 bridgehead atoms. The van der Waals surface area contributed by atoms with E-state index in [1.54, 1.807) is 147 Å². The van der Waals surface area contributed by atoms with Crippen LogP contribution in [0.3, 0.4) is 0 Å². The molecule has 6 aromatic carbocycles. The van der Waals surface area contributed by atoms with Gasteiger partial charge in [-0.05, 0) is 95.8 Å². The Kier molecular flexibility index (Phi) is 35.5. The second kappa shape index (κ2) is 46.6. The average molecular weight is 1810 g/mol. The molecule has 3 aliphatic heterocycles. The molecule has 3 aliphatic rings. The number of aromatic nitrogens is 1. The van der Waals surface area contributed by atoms with Crippen molar-refractivity contribution in [2.75, 3.05) is 57.9 Å². The molecule has 7 aromatic rings. The maximum atomic E-state index is 15.7. The number of fused-ring (bicyclic) bond motifs is 3. The Morgan fingerprint density at radius 1 is 0.512 bits per heavy atom. The fraction of sp³-hybridized carbons (Fsp3) is 0.424. The minimum atomic E-state index is -1.86. The zero-order valence-corrected chi connectivity index (χ0v) is 74.8. The first-order chi connectivity index (χ1) is 61.6. The SMILES string of the molecule is CCCC[C@H]1C(=O)N2CSC[C@@H]2C(=O)N[C@@H](CC(=O)O)C(=O)N[C@@H](C)C(=O)N(C)C(Cc2ccccc2)C(=O)N[C@@H](Cc2ccc(O)cc2)C2OC2N(C)C(=O)N[C@@H](Cc2c[nH]c3ccccc23)C(=O)N[C@@H](Cc2ccc(O)cc2)C(=O)N[C@@H](CC(C)C)C(=O)N[C@H](C(=O)NCC(N)=O)CSCC(=O)N[C@@H](Cc2ccccc2)C(=O)N(C)C(Cc2ccccc2)C(=O)N1C. The molecular weight excluding hydrogens is 1700 g/mol. The standard InChI is InChI=1S/C92H114N16O19S2/c1-9-10-30-72-90(125)108-52-129-50-75(108)86(121)101-69(46-78(113)114)81(116)96-54(4)87(122)105(6)73(43-56-24-16-12-17-25-56)85(120)98-65(40-58-31-35-61(109)36-32-58)79-91(127-79)107(8)92(126)103-68(45-60-47-94-64-29-21-20-28-63(60)64)84(119)100-67(41-59-33-37-62(110)38-34-59)83(118)99-66(39-53(2)3)82(117)102-71(80(115)95-48-76(93)111)49-128-51-77(112)97-70(42-55-22-14-11-15-23-55)88(123)106(7)74(89(124)104(72)5)44-57-26-18-13-19-27-57/h11-29,31-38,47,53-54,65-75,79,91,94,109-110H,9-10,30,39-46,48-52H2,1-8H3,(H2,93,111)(H,95,115)(H,96,116)(H,97,112)(H,98,120)(H,99,118)(H,100,119)(H,101,121)(H,102,117)(H,103,126)(H,113,114)/t54-,65-,66-,67-,68-,69-,70-,71-,72-,73?,74?,75+,79?,91?/m0/s1. The number of carbonyl (C=O) groups is 15. The van der Waals surface area contributed by atoms with Crippen LogP contribution in [-0.4, -0.2) is 276 Å². The van der Waals surface area contributed by atoms with Gasteiger partial charge in [0, 0.05) is 88.9 Å². The molecule has 4 heterocycles. The van der Waals surface area contributed by atoms with Gasteiger partial charge in [0.15, 0.2) is 6.23 Å². The number of nitrogens with two attached hydrogens (primary N) is 1. The molecule has 0 radical (unpaired) electrons. The van der Waals surface area contributed by atoms with Gasteiger partial charge in [-0.1, -0.05) is 167 Å². The highest BCUT2D eigenvalue weighted by Crippen LogP contribution is 2.33. The van der Waals surface area contributed by atoms with Gasteiger partial charge in [0.05, 0.1) is 30.6 Å². The minimum Gasteiger partial charge on any atom is -0.508 e. The third-order valence-corrected chi connectivity index (χ3v) is 24.8. The lowest BCUT2D eigenvalue weighted by Gasteiger charge is -2.37. The van der Waals surface area contributed by atoms with Crippen molar-refractivity contribution in [1.29, 1.82) is 0 Å². The number of rotatable bonds is 22. The topological polar surface area (TPSA) is 496 Å². The van der Waals surface area contributed by atoms with E-state index in [4.69, 9.17) is 10.5 Å². The third-order valence-electron chi connectivity index (χ3n) is 22.8. The fourth-order valence-electron chi connectivity index (χ4n) is 15.6. The highest BCUT2D eigenvalue weighted by atomic mass is 32.2. The molecule has 688 valence electrons. The summed E-state index contributed by atoms with van der Waals surface area (Å²) in [6.07, 6.45) is -1.42. The van der Waals surface area contributed by atoms with Crippen LogP contribution in [0.25, 0.3) is 10.9 Å². The lowest BCUT2D eigenvalue weighted by molar-refractivity contribution is -0.152. The number of primary amides is 1. The lowest BCUT2D eigenvalue weighted by Crippen LogP contribution is -2.61. The molecule has 37 heteroatoms. The number of epoxide rings is 1. The van der Waals surface area contributed by atoms with Gasteiger partial charge in [0.2, 0.25) is 76.8 Å². The second-order valence-electron chi connectivity index (χ2n) is 33.0. The van der Waals surface area contributed by atoms with Crippen molar-refractivity contribution in [2.45, 2.75) is 183 Å². The van der Waals surface area contributed by atoms with Gasteiger partial charge >= 0.3 is 12.0 Å². The molecule has 10 rings (SSSR count). The smallest absolute Gasteiger partial charge is 0.319 e. The van der Waals surface area contributed by atoms with Crippen LogP contribution in [0.15, 0.2) is 170 Å². The molecule has 3 saturated heterocycles. The van der Waals surface area contributed by atoms with Crippen LogP contribution in [0.2, 0.25) is 0 Å². The van der Waals surface area contributed by atoms with Crippen molar-refractivity contribution in [3.8, 4) is 11.5 Å². The number of carboxylic acid groups (broad SMARTS) is 1. The summed E-state index contributed by atoms with van der Waals surface area (Å²) in [6, 6.07) is 26.9. The zero-order chi connectivity index (χ0) is 93.3. The van der Waals surface area contributed by atoms with Gasteiger partial charge in [0.1, 0.15) is 84.1 Å². The van der Waals surface area contributed by atoms with E-state index in [1.165, 1.54) is 103 Å². The van der Waals surface area contributed by atoms with E-state index < -0.39 is 192 Å². The highest BCUT2D eigenvalue weighted by molar-refractivity contribution is 8.00. The number of thioether (sulfide) groups is 2. The predicted octanol–water partition coefficient (Wildman–Crippen LogP) is 2.93. The summed E-state index contributed by atoms with van der Waals surface area (Å²) >= 11 is 2.02. The number of para-hydroxylation sites is 1. The van der Waals surface area contributed by atoms with E-state index in [0.29, 0.717) is 57.1 Å². The van der Waals surface area contributed by atoms with Crippen LogP contribution in [0.1, 0.15) is 93.2 Å². The Labute approximate surface area is 756 Å². The van der Waals surface area contributed by atoms with Crippen molar-refractivity contribution in [1.82, 2.24) is 77.3 Å². The highest BCUT2D eigenvalue weighted by Gasteiger charge is 2.51. The number of aliphatic carboxylic acids is 1. The number of benzene rings is 6. The number of amides is 15. The molecule has 15 N–H and O–H groups in total. The number of likely N-dealkylation sites (N-methyl/N-ethyl adjacent to an activating group) is 4. The number of carbonyl (C=O) groups excluding carboxylic acids is 14. The fourth-order valence-corrected chi connectivity index (χ4v) is 17.6. The van der Waals surface area contributed by atoms with E-state index in [-0.39, 0.29) is 86.2 Å². The number of phenols is 2. The van der Waals surface area contributed by atoms with Crippen LogP contribution in [0.5, 0.6) is 11.5 Å². The largest absolute Gasteiger partial charge is 0.508 e. The van der Waals surface area contributed by atoms with E-state index in [1.807, 2.05) is 6.92 Å². The van der Waals surface area contributed by atoms with E-state index in [0.717, 1.165) is 16.7 Å². The summed E-state index contributed by atoms with van der Waals surface area (Å²) in [5.41, 5.74) is 9.50. The number of unbranched alkanes of at least 4 members (excludes halogenated alkanes) is 1. The van der Waals surface area contributed by atoms with Crippen LogP contribution >= 0.6 is 23.5 Å². The number of carboxylic acids is 1. The molecular formula is C92H114N16O19S2. The third kappa shape index (κ3) is 27.7. The second-order valence-corrected chi connectivity index (χ2v) is 35.0. The van der Waals surface area contributed by atoms with Gasteiger partial charge < -0.3 is 98.2 Å². The van der Waals surface area contributed by atoms with Gasteiger partial charge in [-0.25, -0.2) is 4.79 Å². The first-order valence-electron chi connectivity index (χ1n) is 42.7. The molecule has 1 aromatic heterocycles. The summed E-state index contributed by atoms with van der Waals surface area (Å²) in [6.45, 7) is 6.03. The van der Waals surface area contributed by atoms with E-state index >= 15 is 33.6 Å². The first kappa shape index (κ1) is 98.2. The van der Waals surface area contributed by atoms with Crippen LogP contribution in [0.4, 0.5) is 4.79 Å².